The zero-order valence-electron chi connectivity index (χ0n) is 14.8. The molecular formula is C17H26ClN3O4S. The molecule has 146 valence electrons. The summed E-state index contributed by atoms with van der Waals surface area (Å²) in [5, 5.41) is 3.28. The molecule has 2 atom stereocenters. The Balaban J connectivity index is 0.00000243. The van der Waals surface area contributed by atoms with Gasteiger partial charge in [-0.15, -0.1) is 12.4 Å². The van der Waals surface area contributed by atoms with Crippen molar-refractivity contribution >= 4 is 28.3 Å². The maximum absolute atomic E-state index is 12.6. The van der Waals surface area contributed by atoms with Crippen molar-refractivity contribution in [1.29, 1.82) is 0 Å². The highest BCUT2D eigenvalue weighted by atomic mass is 35.5. The van der Waals surface area contributed by atoms with Crippen LogP contribution in [0.1, 0.15) is 30.1 Å². The van der Waals surface area contributed by atoms with Gasteiger partial charge in [0.1, 0.15) is 0 Å². The van der Waals surface area contributed by atoms with Gasteiger partial charge in [-0.3, -0.25) is 4.79 Å². The molecule has 2 N–H and O–H groups in total. The van der Waals surface area contributed by atoms with E-state index in [2.05, 4.69) is 10.0 Å². The number of hydrogen-bond acceptors (Lipinski definition) is 5. The summed E-state index contributed by atoms with van der Waals surface area (Å²) in [6.45, 7) is 5.10. The molecule has 2 fully saturated rings. The van der Waals surface area contributed by atoms with Crippen molar-refractivity contribution in [3.8, 4) is 0 Å². The molecule has 2 aliphatic heterocycles. The minimum atomic E-state index is -3.60. The lowest BCUT2D eigenvalue weighted by molar-refractivity contribution is 0.0303. The minimum absolute atomic E-state index is 0. The number of sulfonamides is 1. The van der Waals surface area contributed by atoms with Crippen LogP contribution in [-0.4, -0.2) is 64.2 Å². The van der Waals surface area contributed by atoms with E-state index in [1.165, 1.54) is 12.1 Å². The smallest absolute Gasteiger partial charge is 0.254 e. The number of hydrogen-bond donors (Lipinski definition) is 2. The van der Waals surface area contributed by atoms with Gasteiger partial charge in [0.25, 0.3) is 5.91 Å². The summed E-state index contributed by atoms with van der Waals surface area (Å²) in [6.07, 6.45) is 1.77. The number of morpholine rings is 1. The van der Waals surface area contributed by atoms with Gasteiger partial charge in [-0.25, -0.2) is 13.1 Å². The first-order valence-corrected chi connectivity index (χ1v) is 10.2. The van der Waals surface area contributed by atoms with E-state index in [-0.39, 0.29) is 35.3 Å². The van der Waals surface area contributed by atoms with E-state index < -0.39 is 10.0 Å². The second-order valence-electron chi connectivity index (χ2n) is 6.54. The molecule has 26 heavy (non-hydrogen) atoms. The van der Waals surface area contributed by atoms with Gasteiger partial charge in [-0.1, -0.05) is 0 Å². The molecule has 1 amide bonds. The molecular weight excluding hydrogens is 378 g/mol. The standard InChI is InChI=1S/C17H25N3O4S.ClH/c1-13-16(3-2-8-18-13)19-25(22,23)15-6-4-14(5-7-15)17(21)20-9-11-24-12-10-20;/h4-7,13,16,18-19H,2-3,8-12H2,1H3;1H. The summed E-state index contributed by atoms with van der Waals surface area (Å²) in [4.78, 5) is 14.3. The van der Waals surface area contributed by atoms with Gasteiger partial charge in [0.15, 0.2) is 0 Å². The Bertz CT molecular complexity index is 705. The Morgan fingerprint density at radius 1 is 1.23 bits per heavy atom. The lowest BCUT2D eigenvalue weighted by atomic mass is 10.0. The topological polar surface area (TPSA) is 87.7 Å². The van der Waals surface area contributed by atoms with Gasteiger partial charge >= 0.3 is 0 Å². The van der Waals surface area contributed by atoms with Crippen LogP contribution >= 0.6 is 12.4 Å². The third-order valence-electron chi connectivity index (χ3n) is 4.78. The average molecular weight is 404 g/mol. The van der Waals surface area contributed by atoms with Gasteiger partial charge in [0.05, 0.1) is 18.1 Å². The van der Waals surface area contributed by atoms with Crippen molar-refractivity contribution in [3.63, 3.8) is 0 Å². The van der Waals surface area contributed by atoms with E-state index >= 15 is 0 Å². The highest BCUT2D eigenvalue weighted by Crippen LogP contribution is 2.16. The van der Waals surface area contributed by atoms with Crippen molar-refractivity contribution in [3.05, 3.63) is 29.8 Å². The number of rotatable bonds is 4. The number of halogens is 1. The number of nitrogens with zero attached hydrogens (tertiary/aromatic N) is 1. The predicted octanol–water partition coefficient (Wildman–Crippen LogP) is 1.000. The quantitative estimate of drug-likeness (QED) is 0.783. The molecule has 0 spiro atoms. The molecule has 2 saturated heterocycles. The number of ether oxygens (including phenoxy) is 1. The number of carbonyl (C=O) groups is 1. The molecule has 0 bridgehead atoms. The maximum Gasteiger partial charge on any atom is 0.254 e. The fourth-order valence-electron chi connectivity index (χ4n) is 3.20. The van der Waals surface area contributed by atoms with E-state index in [0.29, 0.717) is 31.9 Å². The van der Waals surface area contributed by atoms with Crippen LogP contribution in [0.2, 0.25) is 0 Å². The van der Waals surface area contributed by atoms with Crippen molar-refractivity contribution in [2.75, 3.05) is 32.8 Å². The van der Waals surface area contributed by atoms with E-state index in [0.717, 1.165) is 19.4 Å². The summed E-state index contributed by atoms with van der Waals surface area (Å²) in [6, 6.07) is 6.14. The van der Waals surface area contributed by atoms with Crippen LogP contribution in [0.4, 0.5) is 0 Å². The summed E-state index contributed by atoms with van der Waals surface area (Å²) >= 11 is 0. The molecule has 2 heterocycles. The van der Waals surface area contributed by atoms with Gasteiger partial charge in [0, 0.05) is 30.7 Å². The number of amides is 1. The molecule has 0 radical (unpaired) electrons. The molecule has 9 heteroatoms. The van der Waals surface area contributed by atoms with Crippen LogP contribution in [0.3, 0.4) is 0 Å². The number of nitrogens with one attached hydrogen (secondary N) is 2. The largest absolute Gasteiger partial charge is 0.378 e. The normalized spacial score (nSPS) is 24.0. The van der Waals surface area contributed by atoms with Gasteiger partial charge in [0.2, 0.25) is 10.0 Å². The van der Waals surface area contributed by atoms with Crippen molar-refractivity contribution < 1.29 is 17.9 Å². The number of benzene rings is 1. The van der Waals surface area contributed by atoms with Crippen LogP contribution in [0.15, 0.2) is 29.2 Å². The minimum Gasteiger partial charge on any atom is -0.378 e. The summed E-state index contributed by atoms with van der Waals surface area (Å²) in [7, 11) is -3.60. The van der Waals surface area contributed by atoms with E-state index in [9.17, 15) is 13.2 Å². The second-order valence-corrected chi connectivity index (χ2v) is 8.26. The van der Waals surface area contributed by atoms with Crippen LogP contribution in [0.5, 0.6) is 0 Å². The van der Waals surface area contributed by atoms with E-state index in [4.69, 9.17) is 4.74 Å². The Kier molecular flexibility index (Phi) is 7.42. The Labute approximate surface area is 160 Å². The lowest BCUT2D eigenvalue weighted by Gasteiger charge is -2.30. The third-order valence-corrected chi connectivity index (χ3v) is 6.28. The number of carbonyl (C=O) groups excluding carboxylic acids is 1. The molecule has 0 aliphatic carbocycles. The van der Waals surface area contributed by atoms with Crippen molar-refractivity contribution in [2.45, 2.75) is 36.7 Å². The molecule has 0 aromatic heterocycles. The van der Waals surface area contributed by atoms with Crippen LogP contribution in [0.25, 0.3) is 0 Å². The first-order valence-electron chi connectivity index (χ1n) is 8.70. The second kappa shape index (κ2) is 9.14. The average Bonchev–Trinajstić information content (AvgIpc) is 2.64. The van der Waals surface area contributed by atoms with Crippen LogP contribution in [-0.2, 0) is 14.8 Å². The van der Waals surface area contributed by atoms with E-state index in [1.54, 1.807) is 17.0 Å². The predicted molar refractivity (Wildman–Crippen MR) is 101 cm³/mol. The molecule has 3 rings (SSSR count). The zero-order chi connectivity index (χ0) is 17.9. The van der Waals surface area contributed by atoms with Gasteiger partial charge < -0.3 is 15.0 Å². The first kappa shape index (κ1) is 21.1. The molecule has 7 nitrogen and oxygen atoms in total. The fraction of sp³-hybridized carbons (Fsp3) is 0.588. The SMILES string of the molecule is CC1NCCCC1NS(=O)(=O)c1ccc(C(=O)N2CCOCC2)cc1.Cl. The Hall–Kier alpha value is -1.19. The van der Waals surface area contributed by atoms with Crippen LogP contribution < -0.4 is 10.0 Å². The van der Waals surface area contributed by atoms with Crippen LogP contribution in [0, 0.1) is 0 Å². The Morgan fingerprint density at radius 2 is 1.88 bits per heavy atom. The summed E-state index contributed by atoms with van der Waals surface area (Å²) in [5.74, 6) is -0.0923. The zero-order valence-corrected chi connectivity index (χ0v) is 16.4. The fourth-order valence-corrected chi connectivity index (χ4v) is 4.55. The third kappa shape index (κ3) is 4.95. The number of piperidine rings is 1. The van der Waals surface area contributed by atoms with Crippen molar-refractivity contribution in [2.24, 2.45) is 0 Å². The monoisotopic (exact) mass is 403 g/mol. The maximum atomic E-state index is 12.6. The first-order chi connectivity index (χ1) is 12.0. The van der Waals surface area contributed by atoms with Gasteiger partial charge in [-0.2, -0.15) is 0 Å². The summed E-state index contributed by atoms with van der Waals surface area (Å²) < 4.78 is 33.2. The van der Waals surface area contributed by atoms with Gasteiger partial charge in [-0.05, 0) is 50.6 Å². The highest BCUT2D eigenvalue weighted by Gasteiger charge is 2.27. The highest BCUT2D eigenvalue weighted by molar-refractivity contribution is 7.89. The molecule has 2 aliphatic rings. The summed E-state index contributed by atoms with van der Waals surface area (Å²) in [5.41, 5.74) is 0.494. The van der Waals surface area contributed by atoms with E-state index in [1.807, 2.05) is 6.92 Å². The Morgan fingerprint density at radius 3 is 2.50 bits per heavy atom. The molecule has 0 saturated carbocycles. The molecule has 1 aromatic rings. The molecule has 1 aromatic carbocycles. The molecule has 2 unspecified atom stereocenters. The lowest BCUT2D eigenvalue weighted by Crippen LogP contribution is -2.51. The van der Waals surface area contributed by atoms with Crippen molar-refractivity contribution in [1.82, 2.24) is 14.9 Å².